The zero-order valence-electron chi connectivity index (χ0n) is 42.6. The molecule has 6 atom stereocenters. The normalized spacial score (nSPS) is 20.7. The summed E-state index contributed by atoms with van der Waals surface area (Å²) in [5.74, 6) is -4.08. The molecule has 0 spiro atoms. The van der Waals surface area contributed by atoms with E-state index in [1.165, 1.54) is 66.3 Å². The predicted octanol–water partition coefficient (Wildman–Crippen LogP) is 0.913. The van der Waals surface area contributed by atoms with Gasteiger partial charge in [-0.15, -0.1) is 0 Å². The summed E-state index contributed by atoms with van der Waals surface area (Å²) in [6.07, 6.45) is -8.16. The van der Waals surface area contributed by atoms with E-state index in [0.717, 1.165) is 4.90 Å². The number of benzene rings is 3. The molecular weight excluding hydrogens is 1020 g/mol. The van der Waals surface area contributed by atoms with Crippen LogP contribution in [0.1, 0.15) is 57.2 Å². The first-order valence-corrected chi connectivity index (χ1v) is 24.8. The summed E-state index contributed by atoms with van der Waals surface area (Å²) in [6, 6.07) is 9.87. The zero-order chi connectivity index (χ0) is 55.3. The number of carbonyl (C=O) groups is 7. The van der Waals surface area contributed by atoms with Crippen LogP contribution in [0.5, 0.6) is 28.7 Å². The lowest BCUT2D eigenvalue weighted by Gasteiger charge is -2.40. The third-order valence-corrected chi connectivity index (χ3v) is 12.9. The molecule has 4 heterocycles. The SMILES string of the molecule is Cc1c2cc3c(c1O)C(=O)C[C@@H](O3)c1ccc(OC(=O)N(C)CCN(C)C(=O)CCOCCOCCOCCOCCNC(=O)CCN3C(=O)C=CC3=O)c(c1)-c1ccc(O)c(c1)C(=O)OCC1OC(O2)C(O)C(O)C1O. The second-order valence-corrected chi connectivity index (χ2v) is 18.2. The summed E-state index contributed by atoms with van der Waals surface area (Å²) >= 11 is 0. The van der Waals surface area contributed by atoms with Gasteiger partial charge in [-0.3, -0.25) is 28.9 Å². The van der Waals surface area contributed by atoms with E-state index in [-0.39, 0.29) is 129 Å². The fourth-order valence-corrected chi connectivity index (χ4v) is 8.31. The lowest BCUT2D eigenvalue weighted by molar-refractivity contribution is -0.277. The Kier molecular flexibility index (Phi) is 19.9. The van der Waals surface area contributed by atoms with Gasteiger partial charge in [-0.2, -0.15) is 0 Å². The highest BCUT2D eigenvalue weighted by Crippen LogP contribution is 2.46. The third kappa shape index (κ3) is 14.6. The highest BCUT2D eigenvalue weighted by atomic mass is 16.7. The van der Waals surface area contributed by atoms with Gasteiger partial charge in [0.15, 0.2) is 5.78 Å². The molecule has 1 fully saturated rings. The van der Waals surface area contributed by atoms with E-state index in [9.17, 15) is 59.1 Å². The van der Waals surface area contributed by atoms with Crippen molar-refractivity contribution in [2.75, 3.05) is 99.7 Å². The van der Waals surface area contributed by atoms with E-state index >= 15 is 0 Å². The van der Waals surface area contributed by atoms with E-state index in [4.69, 9.17) is 42.6 Å². The van der Waals surface area contributed by atoms with Crippen LogP contribution in [0, 0.1) is 6.92 Å². The van der Waals surface area contributed by atoms with E-state index < -0.39 is 84.6 Å². The minimum absolute atomic E-state index is 0.000758. The zero-order valence-corrected chi connectivity index (χ0v) is 42.6. The van der Waals surface area contributed by atoms with E-state index in [1.807, 2.05) is 0 Å². The van der Waals surface area contributed by atoms with Crippen molar-refractivity contribution < 1.29 is 102 Å². The number of hydrogen-bond acceptors (Lipinski definition) is 21. The largest absolute Gasteiger partial charge is 0.507 e. The Bertz CT molecular complexity index is 2680. The molecule has 1 saturated heterocycles. The number of hydrogen-bond donors (Lipinski definition) is 6. The third-order valence-electron chi connectivity index (χ3n) is 12.9. The Labute approximate surface area is 441 Å². The number of esters is 1. The number of rotatable bonds is 22. The van der Waals surface area contributed by atoms with Crippen molar-refractivity contribution in [1.29, 1.82) is 0 Å². The van der Waals surface area contributed by atoms with Gasteiger partial charge in [0.25, 0.3) is 11.8 Å². The number of fused-ring (bicyclic) bond motifs is 10. The maximum Gasteiger partial charge on any atom is 0.415 e. The number of aliphatic hydroxyl groups is 3. The van der Waals surface area contributed by atoms with Gasteiger partial charge >= 0.3 is 12.1 Å². The topological polar surface area (TPSA) is 325 Å². The molecule has 9 bridgehead atoms. The lowest BCUT2D eigenvalue weighted by Crippen LogP contribution is -2.60. The van der Waals surface area contributed by atoms with Crippen LogP contribution in [0.25, 0.3) is 11.1 Å². The standard InChI is InChI=1S/C52H62N4O21/c1-29-37-27-39-45(46(29)63)35(58)26-38(74-39)31-5-7-36(32(25-31)30-4-6-34(57)33(24-30)50(67)73-28-40-47(64)48(65)49(66)51(75-37)76-40)77-52(68)55(3)15-14-54(2)42(60)11-16-69-18-20-71-22-23-72-21-19-70-17-12-53-41(59)10-13-56-43(61)8-9-44(56)62/h4-9,24-25,27,38,40,47-49,51,57,63-66H,10-23,26,28H2,1-3H3,(H,53,59)/t38-,40?,47?,48?,49?,51?/m1/s1. The summed E-state index contributed by atoms with van der Waals surface area (Å²) in [4.78, 5) is 92.4. The van der Waals surface area contributed by atoms with Crippen LogP contribution >= 0.6 is 0 Å². The summed E-state index contributed by atoms with van der Waals surface area (Å²) in [7, 11) is 3.05. The molecule has 7 rings (SSSR count). The molecule has 416 valence electrons. The van der Waals surface area contributed by atoms with Crippen molar-refractivity contribution in [3.8, 4) is 39.9 Å². The number of ketones is 1. The number of likely N-dealkylation sites (N-methyl/N-ethyl adjacent to an activating group) is 2. The average Bonchev–Trinajstić information content (AvgIpc) is 3.75. The molecule has 77 heavy (non-hydrogen) atoms. The highest BCUT2D eigenvalue weighted by molar-refractivity contribution is 6.13. The molecule has 0 aliphatic carbocycles. The Hall–Kier alpha value is -7.23. The summed E-state index contributed by atoms with van der Waals surface area (Å²) in [5.41, 5.74) is 0.501. The first-order chi connectivity index (χ1) is 36.9. The van der Waals surface area contributed by atoms with Crippen LogP contribution in [0.15, 0.2) is 54.6 Å². The molecule has 25 heteroatoms. The molecular formula is C52H62N4O21. The smallest absolute Gasteiger partial charge is 0.415 e. The predicted molar refractivity (Wildman–Crippen MR) is 264 cm³/mol. The van der Waals surface area contributed by atoms with E-state index in [0.29, 0.717) is 32.0 Å². The molecule has 6 N–H and O–H groups in total. The summed E-state index contributed by atoms with van der Waals surface area (Å²) in [5, 5.41) is 56.9. The number of imide groups is 1. The maximum atomic E-state index is 13.7. The molecule has 4 aliphatic rings. The Morgan fingerprint density at radius 3 is 2.10 bits per heavy atom. The van der Waals surface area contributed by atoms with Gasteiger partial charge in [0, 0.05) is 76.0 Å². The number of cyclic esters (lactones) is 1. The minimum Gasteiger partial charge on any atom is -0.507 e. The number of Topliss-reactive ketones (excluding diaryl/α,β-unsaturated/α-hetero) is 1. The first-order valence-electron chi connectivity index (χ1n) is 24.8. The maximum absolute atomic E-state index is 13.7. The van der Waals surface area contributed by atoms with Gasteiger partial charge in [-0.1, -0.05) is 12.1 Å². The Morgan fingerprint density at radius 1 is 0.740 bits per heavy atom. The highest BCUT2D eigenvalue weighted by Gasteiger charge is 2.46. The number of nitrogens with one attached hydrogen (secondary N) is 1. The van der Waals surface area contributed by atoms with Crippen LogP contribution < -0.4 is 19.5 Å². The Balaban J connectivity index is 0.864. The number of phenolic OH excluding ortho intramolecular Hbond substituents is 2. The van der Waals surface area contributed by atoms with Crippen molar-refractivity contribution in [1.82, 2.24) is 20.0 Å². The van der Waals surface area contributed by atoms with E-state index in [2.05, 4.69) is 5.32 Å². The molecule has 5 unspecified atom stereocenters. The first kappa shape index (κ1) is 57.5. The van der Waals surface area contributed by atoms with Crippen molar-refractivity contribution in [2.24, 2.45) is 0 Å². The minimum atomic E-state index is -1.84. The van der Waals surface area contributed by atoms with E-state index in [1.54, 1.807) is 19.2 Å². The van der Waals surface area contributed by atoms with Crippen molar-refractivity contribution in [2.45, 2.75) is 63.0 Å². The van der Waals surface area contributed by atoms with Crippen LogP contribution in [-0.4, -0.2) is 212 Å². The molecule has 3 aromatic carbocycles. The molecule has 5 amide bonds. The van der Waals surface area contributed by atoms with Crippen LogP contribution in [-0.2, 0) is 47.6 Å². The van der Waals surface area contributed by atoms with Gasteiger partial charge in [0.2, 0.25) is 18.1 Å². The quantitative estimate of drug-likeness (QED) is 0.0463. The number of carbonyl (C=O) groups excluding carboxylic acids is 7. The second-order valence-electron chi connectivity index (χ2n) is 18.2. The van der Waals surface area contributed by atoms with Gasteiger partial charge in [0.05, 0.1) is 65.7 Å². The van der Waals surface area contributed by atoms with Crippen molar-refractivity contribution in [3.05, 3.63) is 76.9 Å². The number of ether oxygens (including phenoxy) is 9. The molecule has 0 aromatic heterocycles. The monoisotopic (exact) mass is 1080 g/mol. The average molecular weight is 1080 g/mol. The fourth-order valence-electron chi connectivity index (χ4n) is 8.31. The van der Waals surface area contributed by atoms with Gasteiger partial charge in [-0.05, 0) is 42.3 Å². The van der Waals surface area contributed by atoms with Gasteiger partial charge in [-0.25, -0.2) is 9.59 Å². The van der Waals surface area contributed by atoms with Gasteiger partial charge < -0.3 is 83.3 Å². The number of aliphatic hydroxyl groups excluding tert-OH is 3. The van der Waals surface area contributed by atoms with Crippen molar-refractivity contribution in [3.63, 3.8) is 0 Å². The summed E-state index contributed by atoms with van der Waals surface area (Å²) < 4.78 is 51.2. The lowest BCUT2D eigenvalue weighted by atomic mass is 9.92. The molecule has 4 aliphatic heterocycles. The van der Waals surface area contributed by atoms with Crippen LogP contribution in [0.4, 0.5) is 4.79 Å². The van der Waals surface area contributed by atoms with Crippen molar-refractivity contribution >= 4 is 41.5 Å². The number of nitrogens with zero attached hydrogens (tertiary/aromatic N) is 3. The second kappa shape index (κ2) is 26.7. The molecule has 0 saturated carbocycles. The Morgan fingerprint density at radius 2 is 1.40 bits per heavy atom. The molecule has 25 nitrogen and oxygen atoms in total. The number of aromatic hydroxyl groups is 2. The summed E-state index contributed by atoms with van der Waals surface area (Å²) in [6.45, 7) is 3.35. The van der Waals surface area contributed by atoms with Gasteiger partial charge in [0.1, 0.15) is 77.0 Å². The number of phenols is 2. The molecule has 3 aromatic rings. The number of amides is 5. The fraction of sp³-hybridized carbons (Fsp3) is 0.481. The van der Waals surface area contributed by atoms with Crippen LogP contribution in [0.3, 0.4) is 0 Å². The molecule has 0 radical (unpaired) electrons. The van der Waals surface area contributed by atoms with Crippen LogP contribution in [0.2, 0.25) is 0 Å².